The van der Waals surface area contributed by atoms with E-state index in [-0.39, 0.29) is 24.4 Å². The summed E-state index contributed by atoms with van der Waals surface area (Å²) in [7, 11) is 5.38. The minimum atomic E-state index is -0.406. The van der Waals surface area contributed by atoms with Crippen molar-refractivity contribution in [2.45, 2.75) is 13.0 Å². The number of carbonyl (C=O) groups excluding carboxylic acids is 1. The van der Waals surface area contributed by atoms with Gasteiger partial charge in [-0.15, -0.1) is 0 Å². The van der Waals surface area contributed by atoms with E-state index in [0.29, 0.717) is 17.5 Å². The number of aromatic nitrogens is 3. The highest BCUT2D eigenvalue weighted by atomic mass is 19.1. The Morgan fingerprint density at radius 2 is 2.00 bits per heavy atom. The molecule has 1 heterocycles. The highest BCUT2D eigenvalue weighted by molar-refractivity contribution is 5.92. The number of nitrogens with two attached hydrogens (primary N) is 1. The fourth-order valence-corrected chi connectivity index (χ4v) is 2.11. The predicted molar refractivity (Wildman–Crippen MR) is 94.6 cm³/mol. The fourth-order valence-electron chi connectivity index (χ4n) is 2.11. The average molecular weight is 347 g/mol. The number of anilines is 3. The molecule has 0 bridgehead atoms. The van der Waals surface area contributed by atoms with Gasteiger partial charge in [0.2, 0.25) is 17.8 Å². The number of benzene rings is 1. The molecule has 9 heteroatoms. The molecule has 0 saturated carbocycles. The number of hydrogen-bond donors (Lipinski definition) is 2. The standard InChI is InChI=1S/C16H22FN7O/c1-10(14-20-15(18)22-16(21-14)23(2)3)24(4)9-13(25)19-12-7-5-6-11(17)8-12/h5-8,10H,9H2,1-4H3,(H,19,25)(H2,18,20,21,22)/t10-/m1/s1. The Hall–Kier alpha value is -2.81. The number of amides is 1. The molecule has 1 aromatic heterocycles. The summed E-state index contributed by atoms with van der Waals surface area (Å²) in [4.78, 5) is 28.2. The summed E-state index contributed by atoms with van der Waals surface area (Å²) in [6.07, 6.45) is 0. The Morgan fingerprint density at radius 1 is 1.28 bits per heavy atom. The van der Waals surface area contributed by atoms with Gasteiger partial charge in [-0.05, 0) is 32.2 Å². The van der Waals surface area contributed by atoms with Gasteiger partial charge in [0.1, 0.15) is 5.82 Å². The van der Waals surface area contributed by atoms with E-state index < -0.39 is 5.82 Å². The lowest BCUT2D eigenvalue weighted by Crippen LogP contribution is -2.33. The maximum absolute atomic E-state index is 13.2. The average Bonchev–Trinajstić information content (AvgIpc) is 2.53. The quantitative estimate of drug-likeness (QED) is 0.812. The SMILES string of the molecule is C[C@H](c1nc(N)nc(N(C)C)n1)N(C)CC(=O)Nc1cccc(F)c1. The molecule has 25 heavy (non-hydrogen) atoms. The van der Waals surface area contributed by atoms with Gasteiger partial charge in [0.05, 0.1) is 12.6 Å². The molecule has 0 spiro atoms. The van der Waals surface area contributed by atoms with Crippen LogP contribution in [0.1, 0.15) is 18.8 Å². The second kappa shape index (κ2) is 7.84. The van der Waals surface area contributed by atoms with Gasteiger partial charge in [-0.2, -0.15) is 15.0 Å². The number of carbonyl (C=O) groups is 1. The van der Waals surface area contributed by atoms with Crippen LogP contribution in [0.4, 0.5) is 22.0 Å². The van der Waals surface area contributed by atoms with E-state index in [1.165, 1.54) is 18.2 Å². The Bertz CT molecular complexity index is 753. The number of likely N-dealkylation sites (N-methyl/N-ethyl adjacent to an activating group) is 1. The van der Waals surface area contributed by atoms with Crippen LogP contribution in [0.25, 0.3) is 0 Å². The summed E-state index contributed by atoms with van der Waals surface area (Å²) < 4.78 is 13.2. The lowest BCUT2D eigenvalue weighted by atomic mass is 10.2. The van der Waals surface area contributed by atoms with Crippen LogP contribution in [-0.2, 0) is 4.79 Å². The molecule has 0 fully saturated rings. The number of rotatable bonds is 6. The van der Waals surface area contributed by atoms with Crippen LogP contribution in [0.5, 0.6) is 0 Å². The van der Waals surface area contributed by atoms with E-state index in [0.717, 1.165) is 0 Å². The topological polar surface area (TPSA) is 100 Å². The minimum absolute atomic E-state index is 0.0839. The van der Waals surface area contributed by atoms with Crippen molar-refractivity contribution in [2.75, 3.05) is 43.6 Å². The van der Waals surface area contributed by atoms with Crippen LogP contribution in [0, 0.1) is 5.82 Å². The van der Waals surface area contributed by atoms with Crippen molar-refractivity contribution in [3.05, 3.63) is 35.9 Å². The third-order valence-corrected chi connectivity index (χ3v) is 3.59. The van der Waals surface area contributed by atoms with Crippen LogP contribution in [0.15, 0.2) is 24.3 Å². The van der Waals surface area contributed by atoms with Crippen LogP contribution >= 0.6 is 0 Å². The molecule has 1 atom stereocenters. The minimum Gasteiger partial charge on any atom is -0.368 e. The molecule has 0 unspecified atom stereocenters. The van der Waals surface area contributed by atoms with Gasteiger partial charge in [-0.1, -0.05) is 6.07 Å². The summed E-state index contributed by atoms with van der Waals surface area (Å²) in [5.41, 5.74) is 6.14. The van der Waals surface area contributed by atoms with Crippen molar-refractivity contribution in [3.63, 3.8) is 0 Å². The third kappa shape index (κ3) is 5.08. The monoisotopic (exact) mass is 347 g/mol. The Kier molecular flexibility index (Phi) is 5.81. The molecule has 2 rings (SSSR count). The van der Waals surface area contributed by atoms with Gasteiger partial charge in [0.25, 0.3) is 0 Å². The molecule has 0 aliphatic carbocycles. The van der Waals surface area contributed by atoms with Crippen molar-refractivity contribution < 1.29 is 9.18 Å². The number of hydrogen-bond acceptors (Lipinski definition) is 7. The second-order valence-corrected chi connectivity index (χ2v) is 5.90. The first-order valence-electron chi connectivity index (χ1n) is 7.70. The van der Waals surface area contributed by atoms with E-state index in [1.807, 2.05) is 6.92 Å². The van der Waals surface area contributed by atoms with Crippen LogP contribution in [0.3, 0.4) is 0 Å². The van der Waals surface area contributed by atoms with E-state index in [2.05, 4.69) is 20.3 Å². The van der Waals surface area contributed by atoms with Crippen molar-refractivity contribution in [2.24, 2.45) is 0 Å². The Balaban J connectivity index is 2.04. The number of nitrogen functional groups attached to an aromatic ring is 1. The summed E-state index contributed by atoms with van der Waals surface area (Å²) >= 11 is 0. The van der Waals surface area contributed by atoms with E-state index in [4.69, 9.17) is 5.73 Å². The molecule has 0 saturated heterocycles. The van der Waals surface area contributed by atoms with Gasteiger partial charge in [-0.25, -0.2) is 4.39 Å². The van der Waals surface area contributed by atoms with Crippen molar-refractivity contribution >= 4 is 23.5 Å². The van der Waals surface area contributed by atoms with Crippen molar-refractivity contribution in [3.8, 4) is 0 Å². The highest BCUT2D eigenvalue weighted by Crippen LogP contribution is 2.17. The van der Waals surface area contributed by atoms with Crippen molar-refractivity contribution in [1.29, 1.82) is 0 Å². The number of halogens is 1. The molecule has 1 aromatic carbocycles. The molecular weight excluding hydrogens is 325 g/mol. The van der Waals surface area contributed by atoms with E-state index in [9.17, 15) is 9.18 Å². The second-order valence-electron chi connectivity index (χ2n) is 5.90. The molecule has 0 radical (unpaired) electrons. The summed E-state index contributed by atoms with van der Waals surface area (Å²) in [5, 5.41) is 2.65. The van der Waals surface area contributed by atoms with Gasteiger partial charge < -0.3 is 16.0 Å². The smallest absolute Gasteiger partial charge is 0.238 e. The fraction of sp³-hybridized carbons (Fsp3) is 0.375. The maximum atomic E-state index is 13.2. The van der Waals surface area contributed by atoms with Gasteiger partial charge in [0, 0.05) is 19.8 Å². The molecule has 0 aliphatic heterocycles. The molecule has 8 nitrogen and oxygen atoms in total. The van der Waals surface area contributed by atoms with E-state index >= 15 is 0 Å². The van der Waals surface area contributed by atoms with Gasteiger partial charge in [0.15, 0.2) is 5.82 Å². The van der Waals surface area contributed by atoms with Crippen molar-refractivity contribution in [1.82, 2.24) is 19.9 Å². The molecule has 3 N–H and O–H groups in total. The molecule has 1 amide bonds. The predicted octanol–water partition coefficient (Wildman–Crippen LogP) is 1.29. The molecule has 0 aliphatic rings. The highest BCUT2D eigenvalue weighted by Gasteiger charge is 2.19. The number of nitrogens with zero attached hydrogens (tertiary/aromatic N) is 5. The van der Waals surface area contributed by atoms with E-state index in [1.54, 1.807) is 37.0 Å². The molecule has 2 aromatic rings. The zero-order valence-electron chi connectivity index (χ0n) is 14.7. The van der Waals surface area contributed by atoms with Crippen LogP contribution in [-0.4, -0.2) is 53.4 Å². The lowest BCUT2D eigenvalue weighted by Gasteiger charge is -2.23. The molecular formula is C16H22FN7O. The first-order chi connectivity index (χ1) is 11.8. The summed E-state index contributed by atoms with van der Waals surface area (Å²) in [6, 6.07) is 5.48. The van der Waals surface area contributed by atoms with Crippen LogP contribution < -0.4 is 16.0 Å². The zero-order valence-corrected chi connectivity index (χ0v) is 14.7. The zero-order chi connectivity index (χ0) is 18.6. The van der Waals surface area contributed by atoms with Gasteiger partial charge >= 0.3 is 0 Å². The lowest BCUT2D eigenvalue weighted by molar-refractivity contribution is -0.117. The Morgan fingerprint density at radius 3 is 2.64 bits per heavy atom. The maximum Gasteiger partial charge on any atom is 0.238 e. The first kappa shape index (κ1) is 18.5. The first-order valence-corrected chi connectivity index (χ1v) is 7.70. The number of nitrogens with one attached hydrogen (secondary N) is 1. The molecule has 134 valence electrons. The third-order valence-electron chi connectivity index (χ3n) is 3.59. The van der Waals surface area contributed by atoms with Crippen LogP contribution in [0.2, 0.25) is 0 Å². The Labute approximate surface area is 145 Å². The van der Waals surface area contributed by atoms with Gasteiger partial charge in [-0.3, -0.25) is 9.69 Å². The summed E-state index contributed by atoms with van der Waals surface area (Å²) in [5.74, 6) is 0.369. The largest absolute Gasteiger partial charge is 0.368 e. The summed E-state index contributed by atoms with van der Waals surface area (Å²) in [6.45, 7) is 1.95. The normalized spacial score (nSPS) is 12.1.